The molecule has 1 atom stereocenters. The molecule has 0 aromatic heterocycles. The number of hydrogen-bond acceptors (Lipinski definition) is 2. The Morgan fingerprint density at radius 2 is 1.75 bits per heavy atom. The van der Waals surface area contributed by atoms with Gasteiger partial charge in [-0.15, -0.1) is 0 Å². The monoisotopic (exact) mass is 378 g/mol. The second-order valence-electron chi connectivity index (χ2n) is 7.41. The summed E-state index contributed by atoms with van der Waals surface area (Å²) in [6, 6.07) is 18.0. The van der Waals surface area contributed by atoms with Gasteiger partial charge in [-0.2, -0.15) is 0 Å². The fourth-order valence-corrected chi connectivity index (χ4v) is 3.36. The van der Waals surface area contributed by atoms with Crippen molar-refractivity contribution in [2.45, 2.75) is 13.3 Å². The lowest BCUT2D eigenvalue weighted by Gasteiger charge is -2.27. The molecule has 0 spiro atoms. The number of carbonyl (C=O) groups is 2. The van der Waals surface area contributed by atoms with Gasteiger partial charge < -0.3 is 15.1 Å². The zero-order valence-electron chi connectivity index (χ0n) is 16.6. The van der Waals surface area contributed by atoms with Crippen LogP contribution in [0.25, 0.3) is 5.57 Å². The van der Waals surface area contributed by atoms with Gasteiger partial charge in [0.1, 0.15) is 0 Å². The molecule has 0 bridgehead atoms. The number of quaternary nitrogens is 1. The van der Waals surface area contributed by atoms with Crippen molar-refractivity contribution in [2.24, 2.45) is 0 Å². The van der Waals surface area contributed by atoms with E-state index in [1.54, 1.807) is 0 Å². The summed E-state index contributed by atoms with van der Waals surface area (Å²) in [7, 11) is 1.88. The van der Waals surface area contributed by atoms with E-state index >= 15 is 0 Å². The standard InChI is InChI=1S/C23H27N3O2/c1-18-8-10-21(11-9-18)24-22(27)16-25(2)17-23(28)26-14-12-20(13-15-26)19-6-4-3-5-7-19/h3-12H,13-17H2,1-2H3,(H,24,27)/p+1. The summed E-state index contributed by atoms with van der Waals surface area (Å²) in [5.41, 5.74) is 4.45. The van der Waals surface area contributed by atoms with Crippen LogP contribution in [0.3, 0.4) is 0 Å². The zero-order chi connectivity index (χ0) is 19.9. The molecule has 28 heavy (non-hydrogen) atoms. The Hall–Kier alpha value is -2.92. The van der Waals surface area contributed by atoms with Crippen molar-refractivity contribution in [1.82, 2.24) is 4.90 Å². The summed E-state index contributed by atoms with van der Waals surface area (Å²) < 4.78 is 0. The second kappa shape index (κ2) is 9.33. The van der Waals surface area contributed by atoms with Gasteiger partial charge in [-0.1, -0.05) is 54.1 Å². The minimum absolute atomic E-state index is 0.0842. The minimum Gasteiger partial charge on any atom is -0.334 e. The third-order valence-corrected chi connectivity index (χ3v) is 4.96. The molecule has 0 aliphatic carbocycles. The predicted molar refractivity (Wildman–Crippen MR) is 112 cm³/mol. The van der Waals surface area contributed by atoms with Crippen LogP contribution in [0.2, 0.25) is 0 Å². The van der Waals surface area contributed by atoms with Crippen LogP contribution >= 0.6 is 0 Å². The second-order valence-corrected chi connectivity index (χ2v) is 7.41. The molecule has 1 aliphatic rings. The number of likely N-dealkylation sites (N-methyl/N-ethyl adjacent to an activating group) is 1. The van der Waals surface area contributed by atoms with E-state index in [0.717, 1.165) is 29.1 Å². The molecule has 0 saturated heterocycles. The van der Waals surface area contributed by atoms with Crippen LogP contribution in [-0.4, -0.2) is 49.9 Å². The van der Waals surface area contributed by atoms with E-state index in [-0.39, 0.29) is 18.4 Å². The predicted octanol–water partition coefficient (Wildman–Crippen LogP) is 1.76. The van der Waals surface area contributed by atoms with Gasteiger partial charge in [0, 0.05) is 18.8 Å². The maximum Gasteiger partial charge on any atom is 0.279 e. The van der Waals surface area contributed by atoms with Crippen LogP contribution in [0.4, 0.5) is 5.69 Å². The zero-order valence-corrected chi connectivity index (χ0v) is 16.6. The van der Waals surface area contributed by atoms with E-state index in [1.165, 1.54) is 11.1 Å². The van der Waals surface area contributed by atoms with E-state index in [1.807, 2.05) is 61.3 Å². The normalized spacial score (nSPS) is 14.9. The number of aryl methyl sites for hydroxylation is 1. The number of anilines is 1. The highest BCUT2D eigenvalue weighted by Gasteiger charge is 2.22. The molecule has 1 heterocycles. The lowest BCUT2D eigenvalue weighted by molar-refractivity contribution is -0.862. The molecule has 0 fully saturated rings. The van der Waals surface area contributed by atoms with Crippen molar-refractivity contribution in [1.29, 1.82) is 0 Å². The van der Waals surface area contributed by atoms with E-state index in [9.17, 15) is 9.59 Å². The molecule has 146 valence electrons. The van der Waals surface area contributed by atoms with Gasteiger partial charge in [-0.05, 0) is 36.6 Å². The third kappa shape index (κ3) is 5.54. The molecule has 5 nitrogen and oxygen atoms in total. The topological polar surface area (TPSA) is 53.9 Å². The van der Waals surface area contributed by atoms with Gasteiger partial charge in [0.2, 0.25) is 0 Å². The quantitative estimate of drug-likeness (QED) is 0.805. The summed E-state index contributed by atoms with van der Waals surface area (Å²) in [5, 5.41) is 2.88. The van der Waals surface area contributed by atoms with Crippen LogP contribution in [0.5, 0.6) is 0 Å². The molecular formula is C23H28N3O2+. The number of carbonyl (C=O) groups excluding carboxylic acids is 2. The molecular weight excluding hydrogens is 350 g/mol. The molecule has 2 aromatic rings. The summed E-state index contributed by atoms with van der Waals surface area (Å²) >= 11 is 0. The van der Waals surface area contributed by atoms with Crippen molar-refractivity contribution in [3.8, 4) is 0 Å². The first kappa shape index (κ1) is 19.8. The van der Waals surface area contributed by atoms with Gasteiger partial charge in [0.25, 0.3) is 11.8 Å². The molecule has 5 heteroatoms. The first-order chi connectivity index (χ1) is 13.5. The maximum absolute atomic E-state index is 12.6. The first-order valence-corrected chi connectivity index (χ1v) is 9.71. The highest BCUT2D eigenvalue weighted by molar-refractivity contribution is 5.91. The fourth-order valence-electron chi connectivity index (χ4n) is 3.36. The molecule has 3 rings (SSSR count). The Labute approximate surface area is 166 Å². The number of amides is 2. The Kier molecular flexibility index (Phi) is 6.61. The van der Waals surface area contributed by atoms with Gasteiger partial charge in [-0.25, -0.2) is 0 Å². The number of hydrogen-bond donors (Lipinski definition) is 2. The average molecular weight is 378 g/mol. The third-order valence-electron chi connectivity index (χ3n) is 4.96. The summed E-state index contributed by atoms with van der Waals surface area (Å²) in [6.07, 6.45) is 3.00. The average Bonchev–Trinajstić information content (AvgIpc) is 2.70. The Balaban J connectivity index is 1.46. The van der Waals surface area contributed by atoms with Crippen LogP contribution < -0.4 is 10.2 Å². The van der Waals surface area contributed by atoms with Crippen LogP contribution in [0, 0.1) is 6.92 Å². The molecule has 1 unspecified atom stereocenters. The summed E-state index contributed by atoms with van der Waals surface area (Å²) in [6.45, 7) is 3.94. The Bertz CT molecular complexity index is 844. The highest BCUT2D eigenvalue weighted by atomic mass is 16.2. The van der Waals surface area contributed by atoms with Crippen molar-refractivity contribution in [3.05, 3.63) is 71.8 Å². The Morgan fingerprint density at radius 3 is 2.39 bits per heavy atom. The number of nitrogens with zero attached hydrogens (tertiary/aromatic N) is 1. The smallest absolute Gasteiger partial charge is 0.279 e. The van der Waals surface area contributed by atoms with Crippen molar-refractivity contribution in [2.75, 3.05) is 38.5 Å². The van der Waals surface area contributed by atoms with E-state index in [2.05, 4.69) is 23.5 Å². The lowest BCUT2D eigenvalue weighted by Crippen LogP contribution is -3.11. The summed E-state index contributed by atoms with van der Waals surface area (Å²) in [4.78, 5) is 27.5. The van der Waals surface area contributed by atoms with Crippen molar-refractivity contribution < 1.29 is 14.5 Å². The lowest BCUT2D eigenvalue weighted by atomic mass is 9.99. The number of nitrogens with one attached hydrogen (secondary N) is 2. The molecule has 1 aliphatic heterocycles. The minimum atomic E-state index is -0.0842. The fraction of sp³-hybridized carbons (Fsp3) is 0.304. The highest BCUT2D eigenvalue weighted by Crippen LogP contribution is 2.21. The molecule has 0 radical (unpaired) electrons. The van der Waals surface area contributed by atoms with Gasteiger partial charge in [-0.3, -0.25) is 9.59 Å². The molecule has 2 N–H and O–H groups in total. The molecule has 2 aromatic carbocycles. The van der Waals surface area contributed by atoms with Crippen LogP contribution in [0.1, 0.15) is 17.5 Å². The van der Waals surface area contributed by atoms with Gasteiger partial charge in [0.15, 0.2) is 13.1 Å². The van der Waals surface area contributed by atoms with Gasteiger partial charge in [0.05, 0.1) is 7.05 Å². The van der Waals surface area contributed by atoms with Crippen LogP contribution in [-0.2, 0) is 9.59 Å². The van der Waals surface area contributed by atoms with Crippen molar-refractivity contribution in [3.63, 3.8) is 0 Å². The molecule has 2 amide bonds. The first-order valence-electron chi connectivity index (χ1n) is 9.71. The summed E-state index contributed by atoms with van der Waals surface area (Å²) in [5.74, 6) is 0.00283. The number of benzene rings is 2. The molecule has 0 saturated carbocycles. The van der Waals surface area contributed by atoms with Crippen molar-refractivity contribution >= 4 is 23.1 Å². The Morgan fingerprint density at radius 1 is 1.04 bits per heavy atom. The van der Waals surface area contributed by atoms with E-state index in [4.69, 9.17) is 0 Å². The van der Waals surface area contributed by atoms with Gasteiger partial charge >= 0.3 is 0 Å². The van der Waals surface area contributed by atoms with Crippen LogP contribution in [0.15, 0.2) is 60.7 Å². The van der Waals surface area contributed by atoms with E-state index in [0.29, 0.717) is 13.1 Å². The SMILES string of the molecule is Cc1ccc(NC(=O)C[NH+](C)CC(=O)N2CC=C(c3ccccc3)CC2)cc1. The van der Waals surface area contributed by atoms with E-state index < -0.39 is 0 Å². The maximum atomic E-state index is 12.6. The number of rotatable bonds is 6. The largest absolute Gasteiger partial charge is 0.334 e.